The summed E-state index contributed by atoms with van der Waals surface area (Å²) in [5.41, 5.74) is -0.378. The van der Waals surface area contributed by atoms with Gasteiger partial charge in [0.25, 0.3) is 0 Å². The maximum Gasteiger partial charge on any atom is 0.204 e. The van der Waals surface area contributed by atoms with E-state index in [4.69, 9.17) is 0 Å². The SMILES string of the molecule is COc1c(F)cc(C#Cc2ccc3c(F)c(F)c(F)cc3c2)c(F)c1F. The van der Waals surface area contributed by atoms with Crippen LogP contribution in [-0.4, -0.2) is 7.11 Å². The standard InChI is InChI=1S/C19H8F6O/c1-26-19-14(21)7-10(15(22)18(19)25)4-2-9-3-5-12-11(6-9)8-13(20)17(24)16(12)23/h3,5-8H,1H3. The second-order valence-electron chi connectivity index (χ2n) is 5.24. The van der Waals surface area contributed by atoms with E-state index in [2.05, 4.69) is 16.6 Å². The minimum Gasteiger partial charge on any atom is -0.491 e. The Morgan fingerprint density at radius 1 is 0.731 bits per heavy atom. The molecule has 3 rings (SSSR count). The van der Waals surface area contributed by atoms with Crippen LogP contribution in [0.25, 0.3) is 10.8 Å². The van der Waals surface area contributed by atoms with Crippen molar-refractivity contribution < 1.29 is 31.1 Å². The van der Waals surface area contributed by atoms with Crippen molar-refractivity contribution in [3.8, 4) is 17.6 Å². The predicted molar refractivity (Wildman–Crippen MR) is 82.7 cm³/mol. The normalized spacial score (nSPS) is 10.6. The van der Waals surface area contributed by atoms with Crippen molar-refractivity contribution in [2.45, 2.75) is 0 Å². The number of fused-ring (bicyclic) bond motifs is 1. The van der Waals surface area contributed by atoms with Gasteiger partial charge in [0.2, 0.25) is 5.82 Å². The van der Waals surface area contributed by atoms with Crippen LogP contribution >= 0.6 is 0 Å². The monoisotopic (exact) mass is 366 g/mol. The lowest BCUT2D eigenvalue weighted by atomic mass is 10.1. The molecule has 0 unspecified atom stereocenters. The van der Waals surface area contributed by atoms with E-state index in [1.54, 1.807) is 0 Å². The van der Waals surface area contributed by atoms with Gasteiger partial charge in [-0.15, -0.1) is 0 Å². The van der Waals surface area contributed by atoms with E-state index in [1.165, 1.54) is 18.2 Å². The Morgan fingerprint density at radius 2 is 1.46 bits per heavy atom. The molecule has 0 aliphatic carbocycles. The molecule has 0 radical (unpaired) electrons. The molecule has 0 aliphatic heterocycles. The Bertz CT molecular complexity index is 1100. The van der Waals surface area contributed by atoms with Gasteiger partial charge in [-0.2, -0.15) is 4.39 Å². The maximum absolute atomic E-state index is 13.9. The van der Waals surface area contributed by atoms with E-state index in [1.807, 2.05) is 0 Å². The van der Waals surface area contributed by atoms with E-state index < -0.39 is 46.2 Å². The van der Waals surface area contributed by atoms with Crippen molar-refractivity contribution in [3.63, 3.8) is 0 Å². The smallest absolute Gasteiger partial charge is 0.204 e. The molecule has 0 N–H and O–H groups in total. The summed E-state index contributed by atoms with van der Waals surface area (Å²) in [6.07, 6.45) is 0. The van der Waals surface area contributed by atoms with E-state index in [0.29, 0.717) is 6.07 Å². The summed E-state index contributed by atoms with van der Waals surface area (Å²) in [7, 11) is 0.989. The summed E-state index contributed by atoms with van der Waals surface area (Å²) in [5, 5.41) is -0.136. The number of benzene rings is 3. The molecule has 0 saturated heterocycles. The molecule has 0 aromatic heterocycles. The van der Waals surface area contributed by atoms with Crippen LogP contribution in [0, 0.1) is 46.7 Å². The van der Waals surface area contributed by atoms with E-state index in [-0.39, 0.29) is 16.3 Å². The third-order valence-corrected chi connectivity index (χ3v) is 3.63. The van der Waals surface area contributed by atoms with Crippen LogP contribution in [0.1, 0.15) is 11.1 Å². The number of rotatable bonds is 1. The minimum absolute atomic E-state index is 0.0285. The summed E-state index contributed by atoms with van der Waals surface area (Å²) in [4.78, 5) is 0. The van der Waals surface area contributed by atoms with Gasteiger partial charge in [-0.05, 0) is 29.7 Å². The molecule has 0 bridgehead atoms. The fourth-order valence-electron chi connectivity index (χ4n) is 2.38. The number of halogens is 6. The summed E-state index contributed by atoms with van der Waals surface area (Å²) in [6, 6.07) is 5.14. The van der Waals surface area contributed by atoms with Crippen LogP contribution in [0.4, 0.5) is 26.3 Å². The van der Waals surface area contributed by atoms with Crippen LogP contribution < -0.4 is 4.74 Å². The highest BCUT2D eigenvalue weighted by molar-refractivity contribution is 5.84. The largest absolute Gasteiger partial charge is 0.491 e. The van der Waals surface area contributed by atoms with Crippen molar-refractivity contribution in [1.82, 2.24) is 0 Å². The van der Waals surface area contributed by atoms with Crippen molar-refractivity contribution in [3.05, 3.63) is 76.4 Å². The summed E-state index contributed by atoms with van der Waals surface area (Å²) in [6.45, 7) is 0. The quantitative estimate of drug-likeness (QED) is 0.253. The second kappa shape index (κ2) is 6.64. The number of methoxy groups -OCH3 is 1. The van der Waals surface area contributed by atoms with Gasteiger partial charge in [0.1, 0.15) is 0 Å². The Kier molecular flexibility index (Phi) is 4.51. The molecular formula is C19H8F6O. The predicted octanol–water partition coefficient (Wildman–Crippen LogP) is 5.08. The topological polar surface area (TPSA) is 9.23 Å². The highest BCUT2D eigenvalue weighted by Gasteiger charge is 2.18. The lowest BCUT2D eigenvalue weighted by Crippen LogP contribution is -1.99. The zero-order valence-corrected chi connectivity index (χ0v) is 13.1. The zero-order valence-electron chi connectivity index (χ0n) is 13.1. The first-order valence-corrected chi connectivity index (χ1v) is 7.14. The Hall–Kier alpha value is -3.14. The first kappa shape index (κ1) is 17.7. The van der Waals surface area contributed by atoms with Crippen LogP contribution in [0.15, 0.2) is 30.3 Å². The molecule has 0 fully saturated rings. The van der Waals surface area contributed by atoms with E-state index in [9.17, 15) is 26.3 Å². The lowest BCUT2D eigenvalue weighted by Gasteiger charge is -2.05. The van der Waals surface area contributed by atoms with Gasteiger partial charge < -0.3 is 4.74 Å². The Balaban J connectivity index is 2.08. The van der Waals surface area contributed by atoms with Crippen LogP contribution in [0.3, 0.4) is 0 Å². The van der Waals surface area contributed by atoms with Crippen molar-refractivity contribution in [2.75, 3.05) is 7.11 Å². The molecule has 0 aliphatic rings. The van der Waals surface area contributed by atoms with Crippen LogP contribution in [0.2, 0.25) is 0 Å². The fourth-order valence-corrected chi connectivity index (χ4v) is 2.38. The average molecular weight is 366 g/mol. The van der Waals surface area contributed by atoms with Gasteiger partial charge in [0.05, 0.1) is 12.7 Å². The first-order chi connectivity index (χ1) is 12.3. The van der Waals surface area contributed by atoms with Gasteiger partial charge in [-0.25, -0.2) is 22.0 Å². The molecule has 0 saturated carbocycles. The molecule has 26 heavy (non-hydrogen) atoms. The number of ether oxygens (including phenoxy) is 1. The summed E-state index contributed by atoms with van der Waals surface area (Å²) in [5.74, 6) is -4.54. The summed E-state index contributed by atoms with van der Waals surface area (Å²) < 4.78 is 85.8. The third-order valence-electron chi connectivity index (χ3n) is 3.63. The highest BCUT2D eigenvalue weighted by atomic mass is 19.2. The molecule has 1 nitrogen and oxygen atoms in total. The number of hydrogen-bond donors (Lipinski definition) is 0. The Labute approximate surface area is 143 Å². The van der Waals surface area contributed by atoms with Crippen molar-refractivity contribution >= 4 is 10.8 Å². The van der Waals surface area contributed by atoms with Crippen molar-refractivity contribution in [2.24, 2.45) is 0 Å². The molecular weight excluding hydrogens is 358 g/mol. The maximum atomic E-state index is 13.9. The van der Waals surface area contributed by atoms with Gasteiger partial charge >= 0.3 is 0 Å². The zero-order chi connectivity index (χ0) is 19.0. The van der Waals surface area contributed by atoms with Gasteiger partial charge in [0, 0.05) is 10.9 Å². The number of hydrogen-bond acceptors (Lipinski definition) is 1. The molecule has 132 valence electrons. The molecule has 0 amide bonds. The molecule has 7 heteroatoms. The average Bonchev–Trinajstić information content (AvgIpc) is 2.62. The second-order valence-corrected chi connectivity index (χ2v) is 5.24. The summed E-state index contributed by atoms with van der Waals surface area (Å²) >= 11 is 0. The van der Waals surface area contributed by atoms with Crippen LogP contribution in [0.5, 0.6) is 5.75 Å². The van der Waals surface area contributed by atoms with Gasteiger partial charge in [0.15, 0.2) is 34.8 Å². The molecule has 3 aromatic rings. The molecule has 3 aromatic carbocycles. The van der Waals surface area contributed by atoms with E-state index in [0.717, 1.165) is 13.2 Å². The molecule has 0 spiro atoms. The third kappa shape index (κ3) is 2.94. The van der Waals surface area contributed by atoms with E-state index >= 15 is 0 Å². The van der Waals surface area contributed by atoms with Crippen molar-refractivity contribution in [1.29, 1.82) is 0 Å². The first-order valence-electron chi connectivity index (χ1n) is 7.14. The molecule has 0 heterocycles. The highest BCUT2D eigenvalue weighted by Crippen LogP contribution is 2.26. The minimum atomic E-state index is -1.59. The lowest BCUT2D eigenvalue weighted by molar-refractivity contribution is 0.346. The fraction of sp³-hybridized carbons (Fsp3) is 0.0526. The molecule has 0 atom stereocenters. The van der Waals surface area contributed by atoms with Gasteiger partial charge in [-0.1, -0.05) is 17.9 Å². The Morgan fingerprint density at radius 3 is 2.15 bits per heavy atom. The van der Waals surface area contributed by atoms with Crippen LogP contribution in [-0.2, 0) is 0 Å². The van der Waals surface area contributed by atoms with Gasteiger partial charge in [-0.3, -0.25) is 0 Å².